The number of pyridine rings is 1. The lowest BCUT2D eigenvalue weighted by molar-refractivity contribution is 1.27. The number of hydrogen-bond donors (Lipinski definition) is 0. The van der Waals surface area contributed by atoms with Crippen LogP contribution in [0.15, 0.2) is 18.3 Å². The van der Waals surface area contributed by atoms with E-state index in [0.717, 1.165) is 10.9 Å². The van der Waals surface area contributed by atoms with Crippen LogP contribution in [-0.2, 0) is 0 Å². The summed E-state index contributed by atoms with van der Waals surface area (Å²) in [5.41, 5.74) is 4.90. The van der Waals surface area contributed by atoms with Crippen molar-refractivity contribution in [2.24, 2.45) is 0 Å². The molecule has 72 valence electrons. The Hall–Kier alpha value is -1.08. The molecule has 0 aliphatic carbocycles. The maximum atomic E-state index is 5.92. The first-order valence-corrected chi connectivity index (χ1v) is 4.99. The molecule has 1 nitrogen and oxygen atoms in total. The fraction of sp³-hybridized carbons (Fsp3) is 0.250. The highest BCUT2D eigenvalue weighted by atomic mass is 35.5. The molecule has 0 amide bonds. The zero-order valence-electron chi connectivity index (χ0n) is 8.56. The van der Waals surface area contributed by atoms with Gasteiger partial charge in [0, 0.05) is 11.6 Å². The van der Waals surface area contributed by atoms with E-state index in [1.165, 1.54) is 16.7 Å². The van der Waals surface area contributed by atoms with Gasteiger partial charge in [0.25, 0.3) is 0 Å². The molecule has 0 radical (unpaired) electrons. The van der Waals surface area contributed by atoms with Gasteiger partial charge in [0.05, 0.1) is 10.5 Å². The molecular weight excluding hydrogens is 194 g/mol. The summed E-state index contributed by atoms with van der Waals surface area (Å²) < 4.78 is 0. The standard InChI is InChI=1S/C12H12ClN/c1-7-4-12-11(9(3)8(7)2)5-10(13)6-14-12/h4-6H,1-3H3. The number of halogens is 1. The molecule has 0 aliphatic rings. The third kappa shape index (κ3) is 1.38. The summed E-state index contributed by atoms with van der Waals surface area (Å²) in [5, 5.41) is 1.85. The van der Waals surface area contributed by atoms with Gasteiger partial charge in [0.15, 0.2) is 0 Å². The zero-order valence-corrected chi connectivity index (χ0v) is 9.31. The van der Waals surface area contributed by atoms with Crippen LogP contribution in [0.2, 0.25) is 5.02 Å². The fourth-order valence-electron chi connectivity index (χ4n) is 1.68. The quantitative estimate of drug-likeness (QED) is 0.637. The Balaban J connectivity index is 2.92. The van der Waals surface area contributed by atoms with Crippen LogP contribution in [0.5, 0.6) is 0 Å². The Morgan fingerprint density at radius 3 is 2.50 bits per heavy atom. The van der Waals surface area contributed by atoms with E-state index < -0.39 is 0 Å². The Kier molecular flexibility index (Phi) is 2.20. The molecule has 1 aromatic carbocycles. The largest absolute Gasteiger partial charge is 0.255 e. The van der Waals surface area contributed by atoms with Crippen LogP contribution >= 0.6 is 11.6 Å². The summed E-state index contributed by atoms with van der Waals surface area (Å²) in [6.45, 7) is 6.35. The van der Waals surface area contributed by atoms with Crippen LogP contribution in [0.25, 0.3) is 10.9 Å². The monoisotopic (exact) mass is 205 g/mol. The van der Waals surface area contributed by atoms with Crippen molar-refractivity contribution in [1.82, 2.24) is 4.98 Å². The number of rotatable bonds is 0. The molecule has 0 bridgehead atoms. The van der Waals surface area contributed by atoms with E-state index in [1.807, 2.05) is 6.07 Å². The fourth-order valence-corrected chi connectivity index (χ4v) is 1.83. The minimum absolute atomic E-state index is 0.698. The van der Waals surface area contributed by atoms with Gasteiger partial charge in [0.2, 0.25) is 0 Å². The second-order valence-corrected chi connectivity index (χ2v) is 4.10. The molecule has 0 atom stereocenters. The second kappa shape index (κ2) is 3.25. The summed E-state index contributed by atoms with van der Waals surface area (Å²) in [6.07, 6.45) is 1.69. The van der Waals surface area contributed by atoms with Crippen LogP contribution in [0.3, 0.4) is 0 Å². The predicted molar refractivity (Wildman–Crippen MR) is 61.0 cm³/mol. The van der Waals surface area contributed by atoms with E-state index in [-0.39, 0.29) is 0 Å². The van der Waals surface area contributed by atoms with Gasteiger partial charge in [-0.25, -0.2) is 0 Å². The zero-order chi connectivity index (χ0) is 10.3. The van der Waals surface area contributed by atoms with Gasteiger partial charge in [-0.2, -0.15) is 0 Å². The Morgan fingerprint density at radius 1 is 1.07 bits per heavy atom. The molecule has 2 heteroatoms. The highest BCUT2D eigenvalue weighted by molar-refractivity contribution is 6.31. The van der Waals surface area contributed by atoms with Gasteiger partial charge in [0.1, 0.15) is 0 Å². The lowest BCUT2D eigenvalue weighted by Gasteiger charge is -2.08. The third-order valence-corrected chi connectivity index (χ3v) is 3.00. The molecule has 0 saturated heterocycles. The molecule has 14 heavy (non-hydrogen) atoms. The van der Waals surface area contributed by atoms with Gasteiger partial charge in [-0.15, -0.1) is 0 Å². The Bertz CT molecular complexity index is 503. The number of hydrogen-bond acceptors (Lipinski definition) is 1. The van der Waals surface area contributed by atoms with Gasteiger partial charge < -0.3 is 0 Å². The molecule has 2 aromatic rings. The van der Waals surface area contributed by atoms with Crippen molar-refractivity contribution in [3.05, 3.63) is 40.0 Å². The number of benzene rings is 1. The molecule has 1 heterocycles. The number of aryl methyl sites for hydroxylation is 2. The van der Waals surface area contributed by atoms with Crippen LogP contribution < -0.4 is 0 Å². The Labute approximate surface area is 88.7 Å². The Morgan fingerprint density at radius 2 is 1.79 bits per heavy atom. The molecule has 0 aliphatic heterocycles. The molecule has 0 spiro atoms. The first-order valence-electron chi connectivity index (χ1n) is 4.61. The summed E-state index contributed by atoms with van der Waals surface area (Å²) >= 11 is 5.92. The van der Waals surface area contributed by atoms with Crippen LogP contribution in [0.1, 0.15) is 16.7 Å². The normalized spacial score (nSPS) is 10.9. The van der Waals surface area contributed by atoms with Gasteiger partial charge >= 0.3 is 0 Å². The number of nitrogens with zero attached hydrogens (tertiary/aromatic N) is 1. The van der Waals surface area contributed by atoms with E-state index in [1.54, 1.807) is 6.20 Å². The van der Waals surface area contributed by atoms with Crippen molar-refractivity contribution in [2.75, 3.05) is 0 Å². The van der Waals surface area contributed by atoms with Crippen LogP contribution in [-0.4, -0.2) is 4.98 Å². The van der Waals surface area contributed by atoms with Crippen molar-refractivity contribution >= 4 is 22.5 Å². The summed E-state index contributed by atoms with van der Waals surface area (Å²) in [4.78, 5) is 4.31. The predicted octanol–water partition coefficient (Wildman–Crippen LogP) is 3.81. The highest BCUT2D eigenvalue weighted by Gasteiger charge is 2.04. The topological polar surface area (TPSA) is 12.9 Å². The SMILES string of the molecule is Cc1cc2ncc(Cl)cc2c(C)c1C. The summed E-state index contributed by atoms with van der Waals surface area (Å²) in [5.74, 6) is 0. The molecule has 1 aromatic heterocycles. The molecule has 2 rings (SSSR count). The summed E-state index contributed by atoms with van der Waals surface area (Å²) in [6, 6.07) is 4.08. The van der Waals surface area contributed by atoms with Crippen molar-refractivity contribution in [3.8, 4) is 0 Å². The van der Waals surface area contributed by atoms with Crippen molar-refractivity contribution in [2.45, 2.75) is 20.8 Å². The van der Waals surface area contributed by atoms with E-state index >= 15 is 0 Å². The van der Waals surface area contributed by atoms with Gasteiger partial charge in [-0.3, -0.25) is 4.98 Å². The molecule has 0 N–H and O–H groups in total. The average Bonchev–Trinajstić information content (AvgIpc) is 2.16. The first kappa shape index (κ1) is 9.47. The van der Waals surface area contributed by atoms with E-state index in [9.17, 15) is 0 Å². The lowest BCUT2D eigenvalue weighted by atomic mass is 9.99. The van der Waals surface area contributed by atoms with Crippen molar-refractivity contribution in [1.29, 1.82) is 0 Å². The molecular formula is C12H12ClN. The minimum atomic E-state index is 0.698. The van der Waals surface area contributed by atoms with Crippen LogP contribution in [0, 0.1) is 20.8 Å². The maximum absolute atomic E-state index is 5.92. The van der Waals surface area contributed by atoms with Crippen LogP contribution in [0.4, 0.5) is 0 Å². The number of fused-ring (bicyclic) bond motifs is 1. The van der Waals surface area contributed by atoms with E-state index in [2.05, 4.69) is 31.8 Å². The van der Waals surface area contributed by atoms with E-state index in [0.29, 0.717) is 5.02 Å². The summed E-state index contributed by atoms with van der Waals surface area (Å²) in [7, 11) is 0. The molecule has 0 fully saturated rings. The van der Waals surface area contributed by atoms with Gasteiger partial charge in [-0.05, 0) is 49.6 Å². The lowest BCUT2D eigenvalue weighted by Crippen LogP contribution is -1.90. The minimum Gasteiger partial charge on any atom is -0.255 e. The molecule has 0 saturated carbocycles. The average molecular weight is 206 g/mol. The van der Waals surface area contributed by atoms with E-state index in [4.69, 9.17) is 11.6 Å². The molecule has 0 unspecified atom stereocenters. The van der Waals surface area contributed by atoms with Crippen molar-refractivity contribution in [3.63, 3.8) is 0 Å². The van der Waals surface area contributed by atoms with Crippen molar-refractivity contribution < 1.29 is 0 Å². The third-order valence-electron chi connectivity index (χ3n) is 2.80. The first-order chi connectivity index (χ1) is 6.59. The smallest absolute Gasteiger partial charge is 0.0708 e. The number of aromatic nitrogens is 1. The second-order valence-electron chi connectivity index (χ2n) is 3.66. The maximum Gasteiger partial charge on any atom is 0.0708 e. The highest BCUT2D eigenvalue weighted by Crippen LogP contribution is 2.25. The van der Waals surface area contributed by atoms with Gasteiger partial charge in [-0.1, -0.05) is 11.6 Å².